The highest BCUT2D eigenvalue weighted by molar-refractivity contribution is 5.96. The molecule has 0 saturated heterocycles. The summed E-state index contributed by atoms with van der Waals surface area (Å²) in [4.78, 5) is 0. The normalized spacial score (nSPS) is 9.47. The summed E-state index contributed by atoms with van der Waals surface area (Å²) in [5.74, 6) is -0.221. The van der Waals surface area contributed by atoms with Crippen LogP contribution in [-0.4, -0.2) is 0 Å². The summed E-state index contributed by atoms with van der Waals surface area (Å²) in [5, 5.41) is 30.2. The fraction of sp³-hybridized carbons (Fsp3) is 0. The van der Waals surface area contributed by atoms with Gasteiger partial charge in [0.25, 0.3) is 0 Å². The Kier molecular flexibility index (Phi) is 2.00. The highest BCUT2D eigenvalue weighted by Gasteiger charge is 2.09. The van der Waals surface area contributed by atoms with Gasteiger partial charge >= 0.3 is 0 Å². The molecular weight excluding hydrogens is 188 g/mol. The van der Waals surface area contributed by atoms with Crippen molar-refractivity contribution in [1.29, 1.82) is 10.5 Å². The molecule has 0 aliphatic heterocycles. The van der Waals surface area contributed by atoms with Gasteiger partial charge < -0.3 is 0 Å². The summed E-state index contributed by atoms with van der Waals surface area (Å²) in [6, 6.07) is 11.7. The lowest BCUT2D eigenvalue weighted by Crippen LogP contribution is -1.83. The fourth-order valence-electron chi connectivity index (χ4n) is 1.57. The van der Waals surface area contributed by atoms with Crippen molar-refractivity contribution in [3.05, 3.63) is 41.5 Å². The van der Waals surface area contributed by atoms with Crippen molar-refractivity contribution in [2.75, 3.05) is 0 Å². The second kappa shape index (κ2) is 3.32. The Bertz CT molecular complexity index is 618. The van der Waals surface area contributed by atoms with Crippen molar-refractivity contribution in [3.63, 3.8) is 0 Å². The molecule has 0 N–H and O–H groups in total. The minimum absolute atomic E-state index is 0.221. The molecule has 0 spiro atoms. The first-order valence-corrected chi connectivity index (χ1v) is 4.31. The van der Waals surface area contributed by atoms with E-state index >= 15 is 0 Å². The van der Waals surface area contributed by atoms with Gasteiger partial charge in [-0.1, -0.05) is 12.1 Å². The van der Waals surface area contributed by atoms with Crippen LogP contribution < -0.4 is 0 Å². The standard InChI is InChI=1S/C12H5N2O/c13-6-8-4-5-11(15)12-9(7-14)2-1-3-10(8)12/h1-5H. The first-order chi connectivity index (χ1) is 7.27. The van der Waals surface area contributed by atoms with Crippen LogP contribution in [0, 0.1) is 22.7 Å². The average molecular weight is 193 g/mol. The van der Waals surface area contributed by atoms with Crippen molar-refractivity contribution in [3.8, 4) is 17.9 Å². The minimum Gasteiger partial charge on any atom is -0.289 e. The van der Waals surface area contributed by atoms with Crippen molar-refractivity contribution in [2.45, 2.75) is 0 Å². The van der Waals surface area contributed by atoms with Crippen molar-refractivity contribution in [1.82, 2.24) is 0 Å². The molecule has 0 bridgehead atoms. The fourth-order valence-corrected chi connectivity index (χ4v) is 1.57. The molecule has 3 heteroatoms. The topological polar surface area (TPSA) is 67.5 Å². The van der Waals surface area contributed by atoms with E-state index < -0.39 is 0 Å². The lowest BCUT2D eigenvalue weighted by molar-refractivity contribution is 0.360. The molecule has 0 atom stereocenters. The number of benzene rings is 2. The van der Waals surface area contributed by atoms with E-state index in [0.717, 1.165) is 0 Å². The number of fused-ring (bicyclic) bond motifs is 1. The molecule has 69 valence electrons. The molecule has 2 aromatic carbocycles. The van der Waals surface area contributed by atoms with Gasteiger partial charge in [0.1, 0.15) is 0 Å². The van der Waals surface area contributed by atoms with Gasteiger partial charge in [-0.25, -0.2) is 0 Å². The summed E-state index contributed by atoms with van der Waals surface area (Å²) < 4.78 is 0. The van der Waals surface area contributed by atoms with E-state index in [-0.39, 0.29) is 5.75 Å². The van der Waals surface area contributed by atoms with E-state index in [1.54, 1.807) is 18.2 Å². The van der Waals surface area contributed by atoms with Crippen LogP contribution in [0.15, 0.2) is 30.3 Å². The number of hydrogen-bond acceptors (Lipinski definition) is 2. The first-order valence-electron chi connectivity index (χ1n) is 4.31. The Balaban J connectivity index is 3.02. The second-order valence-electron chi connectivity index (χ2n) is 3.06. The van der Waals surface area contributed by atoms with Crippen LogP contribution in [0.1, 0.15) is 11.1 Å². The van der Waals surface area contributed by atoms with Gasteiger partial charge in [-0.15, -0.1) is 0 Å². The number of hydrogen-bond donors (Lipinski definition) is 0. The molecule has 0 aliphatic carbocycles. The molecule has 0 fully saturated rings. The molecule has 3 nitrogen and oxygen atoms in total. The quantitative estimate of drug-likeness (QED) is 0.645. The van der Waals surface area contributed by atoms with Crippen LogP contribution in [0.25, 0.3) is 10.8 Å². The Labute approximate surface area is 86.4 Å². The first kappa shape index (κ1) is 9.05. The Hall–Kier alpha value is -2.52. The smallest absolute Gasteiger partial charge is 0.187 e. The maximum absolute atomic E-state index is 11.6. The third-order valence-corrected chi connectivity index (χ3v) is 2.24. The summed E-state index contributed by atoms with van der Waals surface area (Å²) >= 11 is 0. The third kappa shape index (κ3) is 1.27. The highest BCUT2D eigenvalue weighted by Crippen LogP contribution is 2.30. The van der Waals surface area contributed by atoms with Crippen LogP contribution in [0.2, 0.25) is 0 Å². The third-order valence-electron chi connectivity index (χ3n) is 2.24. The largest absolute Gasteiger partial charge is 0.289 e. The van der Waals surface area contributed by atoms with E-state index in [4.69, 9.17) is 10.5 Å². The Morgan fingerprint density at radius 3 is 2.33 bits per heavy atom. The van der Waals surface area contributed by atoms with Crippen LogP contribution in [-0.2, 0) is 5.11 Å². The second-order valence-corrected chi connectivity index (χ2v) is 3.06. The summed E-state index contributed by atoms with van der Waals surface area (Å²) in [7, 11) is 0. The molecule has 1 radical (unpaired) electrons. The van der Waals surface area contributed by atoms with Crippen molar-refractivity contribution >= 4 is 10.8 Å². The van der Waals surface area contributed by atoms with Gasteiger partial charge in [0.15, 0.2) is 5.75 Å². The van der Waals surface area contributed by atoms with Crippen LogP contribution in [0.5, 0.6) is 5.75 Å². The zero-order valence-corrected chi connectivity index (χ0v) is 7.69. The summed E-state index contributed by atoms with van der Waals surface area (Å²) in [6.07, 6.45) is 0. The Morgan fingerprint density at radius 1 is 0.933 bits per heavy atom. The zero-order chi connectivity index (χ0) is 10.8. The minimum atomic E-state index is -0.221. The van der Waals surface area contributed by atoms with Gasteiger partial charge in [0, 0.05) is 10.8 Å². The molecule has 2 aromatic rings. The number of nitriles is 2. The van der Waals surface area contributed by atoms with Crippen LogP contribution >= 0.6 is 0 Å². The van der Waals surface area contributed by atoms with E-state index in [1.165, 1.54) is 12.1 Å². The van der Waals surface area contributed by atoms with Gasteiger partial charge in [-0.3, -0.25) is 5.11 Å². The lowest BCUT2D eigenvalue weighted by Gasteiger charge is -2.02. The molecular formula is C12H5N2O. The zero-order valence-electron chi connectivity index (χ0n) is 7.69. The monoisotopic (exact) mass is 193 g/mol. The maximum Gasteiger partial charge on any atom is 0.187 e. The van der Waals surface area contributed by atoms with E-state index in [0.29, 0.717) is 21.9 Å². The average Bonchev–Trinajstić information content (AvgIpc) is 2.29. The Morgan fingerprint density at radius 2 is 1.67 bits per heavy atom. The molecule has 2 rings (SSSR count). The molecule has 0 saturated carbocycles. The van der Waals surface area contributed by atoms with Gasteiger partial charge in [-0.2, -0.15) is 10.5 Å². The van der Waals surface area contributed by atoms with E-state index in [2.05, 4.69) is 0 Å². The molecule has 0 aromatic heterocycles. The van der Waals surface area contributed by atoms with Gasteiger partial charge in [-0.05, 0) is 18.2 Å². The molecule has 0 aliphatic rings. The highest BCUT2D eigenvalue weighted by atomic mass is 16.3. The summed E-state index contributed by atoms with van der Waals surface area (Å²) in [5.41, 5.74) is 0.733. The lowest BCUT2D eigenvalue weighted by atomic mass is 10.0. The molecule has 0 unspecified atom stereocenters. The van der Waals surface area contributed by atoms with Crippen molar-refractivity contribution in [2.24, 2.45) is 0 Å². The number of rotatable bonds is 0. The van der Waals surface area contributed by atoms with E-state index in [1.807, 2.05) is 12.1 Å². The molecule has 0 heterocycles. The predicted molar refractivity (Wildman–Crippen MR) is 53.5 cm³/mol. The van der Waals surface area contributed by atoms with Crippen LogP contribution in [0.4, 0.5) is 0 Å². The SMILES string of the molecule is N#Cc1ccc([O])c2c(C#N)cccc12. The maximum atomic E-state index is 11.6. The number of nitrogens with zero attached hydrogens (tertiary/aromatic N) is 2. The van der Waals surface area contributed by atoms with Gasteiger partial charge in [0.05, 0.1) is 23.3 Å². The van der Waals surface area contributed by atoms with Crippen LogP contribution in [0.3, 0.4) is 0 Å². The molecule has 0 amide bonds. The van der Waals surface area contributed by atoms with Gasteiger partial charge in [0.2, 0.25) is 0 Å². The molecule has 15 heavy (non-hydrogen) atoms. The van der Waals surface area contributed by atoms with E-state index in [9.17, 15) is 5.11 Å². The van der Waals surface area contributed by atoms with Crippen molar-refractivity contribution < 1.29 is 5.11 Å². The summed E-state index contributed by atoms with van der Waals surface area (Å²) in [6.45, 7) is 0. The predicted octanol–water partition coefficient (Wildman–Crippen LogP) is 2.73.